The zero-order valence-corrected chi connectivity index (χ0v) is 16.0. The van der Waals surface area contributed by atoms with Crippen LogP contribution >= 0.6 is 11.3 Å². The molecule has 2 aliphatic rings. The van der Waals surface area contributed by atoms with Crippen molar-refractivity contribution in [1.82, 2.24) is 14.8 Å². The Labute approximate surface area is 152 Å². The third-order valence-corrected chi connectivity index (χ3v) is 6.24. The summed E-state index contributed by atoms with van der Waals surface area (Å²) in [4.78, 5) is 32.8. The van der Waals surface area contributed by atoms with Crippen molar-refractivity contribution in [2.75, 3.05) is 39.6 Å². The van der Waals surface area contributed by atoms with Gasteiger partial charge >= 0.3 is 0 Å². The van der Waals surface area contributed by atoms with Gasteiger partial charge < -0.3 is 19.9 Å². The molecule has 8 heteroatoms. The highest BCUT2D eigenvalue weighted by Crippen LogP contribution is 2.39. The molecule has 4 atom stereocenters. The number of methoxy groups -OCH3 is 1. The van der Waals surface area contributed by atoms with Crippen molar-refractivity contribution < 1.29 is 14.3 Å². The molecule has 1 saturated heterocycles. The van der Waals surface area contributed by atoms with Crippen molar-refractivity contribution >= 4 is 28.3 Å². The fourth-order valence-corrected chi connectivity index (χ4v) is 4.92. The van der Waals surface area contributed by atoms with Gasteiger partial charge in [0.25, 0.3) is 5.91 Å². The lowest BCUT2D eigenvalue weighted by Crippen LogP contribution is -2.47. The van der Waals surface area contributed by atoms with Gasteiger partial charge in [-0.25, -0.2) is 4.98 Å². The number of carbonyl (C=O) groups excluding carboxylic acids is 2. The number of nitrogens with zero attached hydrogens (tertiary/aromatic N) is 3. The van der Waals surface area contributed by atoms with E-state index in [-0.39, 0.29) is 17.9 Å². The van der Waals surface area contributed by atoms with Crippen LogP contribution < -0.4 is 5.32 Å². The molecule has 0 radical (unpaired) electrons. The zero-order valence-electron chi connectivity index (χ0n) is 15.2. The highest BCUT2D eigenvalue weighted by atomic mass is 32.1. The van der Waals surface area contributed by atoms with Crippen molar-refractivity contribution in [1.29, 1.82) is 0 Å². The summed E-state index contributed by atoms with van der Waals surface area (Å²) in [5, 5.41) is 3.10. The minimum Gasteiger partial charge on any atom is -0.380 e. The molecule has 2 heterocycles. The van der Waals surface area contributed by atoms with E-state index >= 15 is 0 Å². The van der Waals surface area contributed by atoms with E-state index in [9.17, 15) is 9.59 Å². The lowest BCUT2D eigenvalue weighted by atomic mass is 9.77. The van der Waals surface area contributed by atoms with Gasteiger partial charge in [-0.3, -0.25) is 9.59 Å². The molecule has 1 N–H and O–H groups in total. The number of ether oxygens (including phenoxy) is 1. The molecule has 1 aromatic heterocycles. The molecule has 0 unspecified atom stereocenters. The van der Waals surface area contributed by atoms with Gasteiger partial charge in [0.2, 0.25) is 5.91 Å². The van der Waals surface area contributed by atoms with Gasteiger partial charge in [-0.1, -0.05) is 11.3 Å². The largest absolute Gasteiger partial charge is 0.380 e. The van der Waals surface area contributed by atoms with Crippen LogP contribution in [0.5, 0.6) is 0 Å². The van der Waals surface area contributed by atoms with Gasteiger partial charge in [0.15, 0.2) is 5.13 Å². The lowest BCUT2D eigenvalue weighted by Gasteiger charge is -2.40. The number of hydrogen-bond acceptors (Lipinski definition) is 6. The van der Waals surface area contributed by atoms with E-state index in [0.717, 1.165) is 25.9 Å². The number of fused-ring (bicyclic) bond motifs is 1. The summed E-state index contributed by atoms with van der Waals surface area (Å²) < 4.78 is 5.70. The number of hydrogen-bond donors (Lipinski definition) is 1. The third-order valence-electron chi connectivity index (χ3n) is 5.34. The first-order valence-corrected chi connectivity index (χ1v) is 9.42. The molecule has 0 spiro atoms. The Morgan fingerprint density at radius 1 is 1.32 bits per heavy atom. The maximum absolute atomic E-state index is 12.8. The fourth-order valence-electron chi connectivity index (χ4n) is 4.09. The van der Waals surface area contributed by atoms with Crippen molar-refractivity contribution in [3.8, 4) is 0 Å². The molecule has 1 aromatic rings. The fraction of sp³-hybridized carbons (Fsp3) is 0.706. The number of thiazole rings is 1. The second-order valence-electron chi connectivity index (χ2n) is 7.22. The Balaban J connectivity index is 1.67. The summed E-state index contributed by atoms with van der Waals surface area (Å²) in [5.41, 5.74) is 0. The first kappa shape index (κ1) is 18.3. The van der Waals surface area contributed by atoms with Gasteiger partial charge in [0.1, 0.15) is 4.88 Å². The number of likely N-dealkylation sites (N-methyl/N-ethyl adjacent to an activating group) is 1. The maximum Gasteiger partial charge on any atom is 0.265 e. The van der Waals surface area contributed by atoms with Crippen LogP contribution in [0.25, 0.3) is 0 Å². The number of rotatable bonds is 4. The van der Waals surface area contributed by atoms with Crippen molar-refractivity contribution in [3.63, 3.8) is 0 Å². The topological polar surface area (TPSA) is 74.8 Å². The Morgan fingerprint density at radius 3 is 2.60 bits per heavy atom. The van der Waals surface area contributed by atoms with Crippen LogP contribution in [0.3, 0.4) is 0 Å². The normalized spacial score (nSPS) is 28.9. The molecule has 7 nitrogen and oxygen atoms in total. The van der Waals surface area contributed by atoms with E-state index in [1.54, 1.807) is 13.3 Å². The molecule has 25 heavy (non-hydrogen) atoms. The van der Waals surface area contributed by atoms with Gasteiger partial charge in [0.05, 0.1) is 12.3 Å². The number of likely N-dealkylation sites (tertiary alicyclic amines) is 1. The van der Waals surface area contributed by atoms with Crippen LogP contribution in [0, 0.1) is 11.8 Å². The zero-order chi connectivity index (χ0) is 18.1. The molecular weight excluding hydrogens is 340 g/mol. The van der Waals surface area contributed by atoms with Crippen LogP contribution in [0.4, 0.5) is 5.13 Å². The average Bonchev–Trinajstić information content (AvgIpc) is 3.18. The maximum atomic E-state index is 12.8. The second-order valence-corrected chi connectivity index (χ2v) is 8.25. The van der Waals surface area contributed by atoms with E-state index in [1.165, 1.54) is 18.3 Å². The Kier molecular flexibility index (Phi) is 5.41. The first-order chi connectivity index (χ1) is 11.9. The highest BCUT2D eigenvalue weighted by molar-refractivity contribution is 7.17. The van der Waals surface area contributed by atoms with Crippen molar-refractivity contribution in [3.05, 3.63) is 11.1 Å². The van der Waals surface area contributed by atoms with Gasteiger partial charge in [-0.15, -0.1) is 0 Å². The van der Waals surface area contributed by atoms with E-state index in [0.29, 0.717) is 27.9 Å². The second kappa shape index (κ2) is 7.39. The number of nitrogens with one attached hydrogen (secondary N) is 1. The first-order valence-electron chi connectivity index (χ1n) is 8.61. The minimum absolute atomic E-state index is 0.0128. The molecule has 0 bridgehead atoms. The van der Waals surface area contributed by atoms with Crippen LogP contribution in [0.2, 0.25) is 0 Å². The molecule has 1 aliphatic carbocycles. The van der Waals surface area contributed by atoms with Gasteiger partial charge in [-0.05, 0) is 38.8 Å². The highest BCUT2D eigenvalue weighted by Gasteiger charge is 2.44. The third kappa shape index (κ3) is 3.86. The molecule has 1 aliphatic heterocycles. The monoisotopic (exact) mass is 366 g/mol. The Bertz CT molecular complexity index is 648. The summed E-state index contributed by atoms with van der Waals surface area (Å²) in [6.07, 6.45) is 3.83. The molecule has 138 valence electrons. The van der Waals surface area contributed by atoms with Crippen LogP contribution in [-0.4, -0.2) is 73.0 Å². The van der Waals surface area contributed by atoms with E-state index in [4.69, 9.17) is 4.74 Å². The molecule has 0 aromatic carbocycles. The molecule has 3 rings (SSSR count). The molecule has 2 fully saturated rings. The van der Waals surface area contributed by atoms with Crippen molar-refractivity contribution in [2.45, 2.75) is 31.9 Å². The molecule has 1 saturated carbocycles. The average molecular weight is 366 g/mol. The molecule has 2 amide bonds. The van der Waals surface area contributed by atoms with E-state index < -0.39 is 0 Å². The summed E-state index contributed by atoms with van der Waals surface area (Å²) in [6, 6.07) is 0.399. The SMILES string of the molecule is CO[C@@H]1C[C@H]2CN(C(=O)c3cnc(NC(C)=O)s3)C[C@H]2C[C@H]1N(C)C. The summed E-state index contributed by atoms with van der Waals surface area (Å²) in [6.45, 7) is 3.00. The van der Waals surface area contributed by atoms with Crippen molar-refractivity contribution in [2.24, 2.45) is 11.8 Å². The van der Waals surface area contributed by atoms with E-state index in [2.05, 4.69) is 29.3 Å². The number of amides is 2. The minimum atomic E-state index is -0.180. The standard InChI is InChI=1S/C17H26N4O3S/c1-10(22)19-17-18-7-15(25-17)16(23)21-8-11-5-13(20(2)3)14(24-4)6-12(11)9-21/h7,11-14H,5-6,8-9H2,1-4H3,(H,18,19,22)/t11-,12+,13-,14-/m1/s1. The summed E-state index contributed by atoms with van der Waals surface area (Å²) in [7, 11) is 5.96. The number of carbonyl (C=O) groups is 2. The smallest absolute Gasteiger partial charge is 0.265 e. The Hall–Kier alpha value is -1.51. The predicted octanol–water partition coefficient (Wildman–Crippen LogP) is 1.53. The van der Waals surface area contributed by atoms with Crippen LogP contribution in [0.1, 0.15) is 29.4 Å². The lowest BCUT2D eigenvalue weighted by molar-refractivity contribution is -0.114. The summed E-state index contributed by atoms with van der Waals surface area (Å²) in [5.74, 6) is 0.845. The summed E-state index contributed by atoms with van der Waals surface area (Å²) >= 11 is 1.23. The quantitative estimate of drug-likeness (QED) is 0.875. The van der Waals surface area contributed by atoms with E-state index in [1.807, 2.05) is 4.90 Å². The Morgan fingerprint density at radius 2 is 2.00 bits per heavy atom. The van der Waals surface area contributed by atoms with Gasteiger partial charge in [-0.2, -0.15) is 0 Å². The number of anilines is 1. The predicted molar refractivity (Wildman–Crippen MR) is 96.8 cm³/mol. The molecular formula is C17H26N4O3S. The van der Waals surface area contributed by atoms with Gasteiger partial charge in [0, 0.05) is 33.2 Å². The number of aromatic nitrogens is 1. The van der Waals surface area contributed by atoms with Crippen LogP contribution in [-0.2, 0) is 9.53 Å². The van der Waals surface area contributed by atoms with Crippen LogP contribution in [0.15, 0.2) is 6.20 Å².